The normalized spacial score (nSPS) is 11.8. The molecule has 4 nitrogen and oxygen atoms in total. The van der Waals surface area contributed by atoms with E-state index in [0.717, 1.165) is 21.4 Å². The molecular weight excluding hydrogens is 332 g/mol. The number of para-hydroxylation sites is 1. The molecule has 0 saturated carbocycles. The Morgan fingerprint density at radius 2 is 2.10 bits per heavy atom. The first kappa shape index (κ1) is 15.5. The monoisotopic (exact) mass is 348 g/mol. The van der Waals surface area contributed by atoms with E-state index in [4.69, 9.17) is 4.74 Å². The number of anilines is 1. The van der Waals surface area contributed by atoms with Crippen LogP contribution >= 0.6 is 15.9 Å². The Bertz CT molecular complexity index is 614. The van der Waals surface area contributed by atoms with Gasteiger partial charge in [0, 0.05) is 27.6 Å². The van der Waals surface area contributed by atoms with Crippen LogP contribution < -0.4 is 5.32 Å². The maximum absolute atomic E-state index is 12.2. The highest BCUT2D eigenvalue weighted by Crippen LogP contribution is 2.27. The van der Waals surface area contributed by atoms with E-state index < -0.39 is 6.04 Å². The van der Waals surface area contributed by atoms with Crippen molar-refractivity contribution in [2.75, 3.05) is 11.9 Å². The number of esters is 1. The predicted octanol–water partition coefficient (Wildman–Crippen LogP) is 3.87. The van der Waals surface area contributed by atoms with Gasteiger partial charge in [-0.05, 0) is 48.0 Å². The molecule has 0 aliphatic carbocycles. The van der Waals surface area contributed by atoms with Crippen molar-refractivity contribution in [3.8, 4) is 0 Å². The average molecular weight is 349 g/mol. The number of rotatable bonds is 5. The fraction of sp³-hybridized carbons (Fsp3) is 0.250. The van der Waals surface area contributed by atoms with Crippen LogP contribution in [0.3, 0.4) is 0 Å². The molecular formula is C16H17BrN2O2. The van der Waals surface area contributed by atoms with Gasteiger partial charge < -0.3 is 10.1 Å². The van der Waals surface area contributed by atoms with Crippen molar-refractivity contribution in [1.82, 2.24) is 4.98 Å². The topological polar surface area (TPSA) is 51.2 Å². The van der Waals surface area contributed by atoms with Crippen molar-refractivity contribution in [1.29, 1.82) is 0 Å². The third kappa shape index (κ3) is 4.04. The van der Waals surface area contributed by atoms with Crippen LogP contribution in [-0.2, 0) is 9.53 Å². The van der Waals surface area contributed by atoms with Crippen LogP contribution in [0.2, 0.25) is 0 Å². The van der Waals surface area contributed by atoms with Crippen LogP contribution in [0.1, 0.15) is 24.2 Å². The lowest BCUT2D eigenvalue weighted by Crippen LogP contribution is -2.23. The zero-order chi connectivity index (χ0) is 15.2. The number of nitrogens with one attached hydrogen (secondary N) is 1. The van der Waals surface area contributed by atoms with Gasteiger partial charge in [0.1, 0.15) is 0 Å². The van der Waals surface area contributed by atoms with Crippen molar-refractivity contribution in [2.24, 2.45) is 0 Å². The van der Waals surface area contributed by atoms with E-state index in [1.807, 2.05) is 43.3 Å². The van der Waals surface area contributed by atoms with Crippen molar-refractivity contribution in [3.05, 3.63) is 58.3 Å². The summed E-state index contributed by atoms with van der Waals surface area (Å²) in [6, 6.07) is 10.8. The van der Waals surface area contributed by atoms with Crippen LogP contribution in [0.15, 0.2) is 47.1 Å². The van der Waals surface area contributed by atoms with E-state index in [0.29, 0.717) is 6.61 Å². The van der Waals surface area contributed by atoms with Crippen molar-refractivity contribution >= 4 is 27.6 Å². The number of benzene rings is 1. The standard InChI is InChI=1S/C16H17BrN2O2/c1-3-21-16(20)15(12-9-8-11(2)18-10-12)19-14-7-5-4-6-13(14)17/h4-10,15,19H,3H2,1-2H3. The Kier molecular flexibility index (Phi) is 5.33. The zero-order valence-corrected chi connectivity index (χ0v) is 13.6. The third-order valence-electron chi connectivity index (χ3n) is 2.96. The quantitative estimate of drug-likeness (QED) is 0.833. The Balaban J connectivity index is 2.30. The molecule has 1 atom stereocenters. The molecule has 1 aromatic carbocycles. The van der Waals surface area contributed by atoms with E-state index in [2.05, 4.69) is 26.2 Å². The number of hydrogen-bond donors (Lipinski definition) is 1. The van der Waals surface area contributed by atoms with Crippen LogP contribution in [0, 0.1) is 6.92 Å². The summed E-state index contributed by atoms with van der Waals surface area (Å²) in [5.41, 5.74) is 2.51. The van der Waals surface area contributed by atoms with Gasteiger partial charge in [-0.25, -0.2) is 4.79 Å². The minimum absolute atomic E-state index is 0.320. The maximum Gasteiger partial charge on any atom is 0.333 e. The number of halogens is 1. The number of nitrogens with zero attached hydrogens (tertiary/aromatic N) is 1. The molecule has 0 bridgehead atoms. The Labute approximate surface area is 132 Å². The number of pyridine rings is 1. The van der Waals surface area contributed by atoms with Gasteiger partial charge in [-0.15, -0.1) is 0 Å². The minimum Gasteiger partial charge on any atom is -0.464 e. The Morgan fingerprint density at radius 1 is 1.33 bits per heavy atom. The first-order valence-electron chi connectivity index (χ1n) is 6.72. The maximum atomic E-state index is 12.2. The zero-order valence-electron chi connectivity index (χ0n) is 12.0. The van der Waals surface area contributed by atoms with E-state index in [1.165, 1.54) is 0 Å². The molecule has 0 radical (unpaired) electrons. The molecule has 0 saturated heterocycles. The highest BCUT2D eigenvalue weighted by molar-refractivity contribution is 9.10. The summed E-state index contributed by atoms with van der Waals surface area (Å²) in [7, 11) is 0. The first-order valence-corrected chi connectivity index (χ1v) is 7.51. The molecule has 1 aromatic heterocycles. The number of carbonyl (C=O) groups is 1. The van der Waals surface area contributed by atoms with Crippen molar-refractivity contribution in [3.63, 3.8) is 0 Å². The summed E-state index contributed by atoms with van der Waals surface area (Å²) in [6.07, 6.45) is 1.70. The summed E-state index contributed by atoms with van der Waals surface area (Å²) < 4.78 is 6.04. The lowest BCUT2D eigenvalue weighted by Gasteiger charge is -2.19. The lowest BCUT2D eigenvalue weighted by atomic mass is 10.1. The van der Waals surface area contributed by atoms with Crippen LogP contribution in [0.4, 0.5) is 5.69 Å². The van der Waals surface area contributed by atoms with Gasteiger partial charge in [0.2, 0.25) is 0 Å². The first-order chi connectivity index (χ1) is 10.1. The molecule has 110 valence electrons. The third-order valence-corrected chi connectivity index (χ3v) is 3.66. The van der Waals surface area contributed by atoms with Crippen LogP contribution in [0.5, 0.6) is 0 Å². The summed E-state index contributed by atoms with van der Waals surface area (Å²) >= 11 is 3.47. The lowest BCUT2D eigenvalue weighted by molar-refractivity contribution is -0.144. The summed E-state index contributed by atoms with van der Waals surface area (Å²) in [5, 5.41) is 3.21. The molecule has 0 spiro atoms. The predicted molar refractivity (Wildman–Crippen MR) is 86.1 cm³/mol. The smallest absolute Gasteiger partial charge is 0.333 e. The number of aromatic nitrogens is 1. The van der Waals surface area contributed by atoms with Gasteiger partial charge >= 0.3 is 5.97 Å². The van der Waals surface area contributed by atoms with E-state index in [1.54, 1.807) is 13.1 Å². The van der Waals surface area contributed by atoms with Gasteiger partial charge in [0.15, 0.2) is 6.04 Å². The molecule has 0 aliphatic heterocycles. The molecule has 0 fully saturated rings. The number of ether oxygens (including phenoxy) is 1. The van der Waals surface area contributed by atoms with Gasteiger partial charge in [-0.1, -0.05) is 18.2 Å². The molecule has 0 aliphatic rings. The fourth-order valence-corrected chi connectivity index (χ4v) is 2.29. The number of hydrogen-bond acceptors (Lipinski definition) is 4. The van der Waals surface area contributed by atoms with Gasteiger partial charge in [-0.3, -0.25) is 4.98 Å². The molecule has 5 heteroatoms. The minimum atomic E-state index is -0.586. The van der Waals surface area contributed by atoms with E-state index >= 15 is 0 Å². The number of carbonyl (C=O) groups excluding carboxylic acids is 1. The SMILES string of the molecule is CCOC(=O)C(Nc1ccccc1Br)c1ccc(C)nc1. The summed E-state index contributed by atoms with van der Waals surface area (Å²) in [6.45, 7) is 4.04. The van der Waals surface area contributed by atoms with Crippen molar-refractivity contribution in [2.45, 2.75) is 19.9 Å². The van der Waals surface area contributed by atoms with Gasteiger partial charge in [-0.2, -0.15) is 0 Å². The largest absolute Gasteiger partial charge is 0.464 e. The van der Waals surface area contributed by atoms with Gasteiger partial charge in [0.05, 0.1) is 6.61 Å². The van der Waals surface area contributed by atoms with Crippen molar-refractivity contribution < 1.29 is 9.53 Å². The highest BCUT2D eigenvalue weighted by Gasteiger charge is 2.22. The Morgan fingerprint density at radius 3 is 2.71 bits per heavy atom. The van der Waals surface area contributed by atoms with E-state index in [-0.39, 0.29) is 5.97 Å². The van der Waals surface area contributed by atoms with Crippen LogP contribution in [-0.4, -0.2) is 17.6 Å². The summed E-state index contributed by atoms with van der Waals surface area (Å²) in [5.74, 6) is -0.320. The van der Waals surface area contributed by atoms with Crippen LogP contribution in [0.25, 0.3) is 0 Å². The molecule has 1 N–H and O–H groups in total. The fourth-order valence-electron chi connectivity index (χ4n) is 1.89. The van der Waals surface area contributed by atoms with Gasteiger partial charge in [0.25, 0.3) is 0 Å². The molecule has 2 rings (SSSR count). The molecule has 0 amide bonds. The Hall–Kier alpha value is -1.88. The molecule has 2 aromatic rings. The highest BCUT2D eigenvalue weighted by atomic mass is 79.9. The number of aryl methyl sites for hydroxylation is 1. The molecule has 1 heterocycles. The molecule has 21 heavy (non-hydrogen) atoms. The second kappa shape index (κ2) is 7.22. The van der Waals surface area contributed by atoms with E-state index in [9.17, 15) is 4.79 Å². The summed E-state index contributed by atoms with van der Waals surface area (Å²) in [4.78, 5) is 16.5. The second-order valence-corrected chi connectivity index (χ2v) is 5.40. The average Bonchev–Trinajstić information content (AvgIpc) is 2.48. The molecule has 1 unspecified atom stereocenters. The second-order valence-electron chi connectivity index (χ2n) is 4.54.